The van der Waals surface area contributed by atoms with Crippen molar-refractivity contribution in [2.75, 3.05) is 7.05 Å². The van der Waals surface area contributed by atoms with Crippen molar-refractivity contribution < 1.29 is 0 Å². The van der Waals surface area contributed by atoms with Crippen LogP contribution >= 0.6 is 0 Å². The second kappa shape index (κ2) is 5.43. The average Bonchev–Trinajstić information content (AvgIpc) is 2.50. The van der Waals surface area contributed by atoms with Gasteiger partial charge in [-0.15, -0.1) is 0 Å². The third kappa shape index (κ3) is 2.30. The van der Waals surface area contributed by atoms with Gasteiger partial charge in [0.2, 0.25) is 0 Å². The van der Waals surface area contributed by atoms with E-state index in [1.165, 1.54) is 21.9 Å². The van der Waals surface area contributed by atoms with Gasteiger partial charge in [0.05, 0.1) is 6.04 Å². The monoisotopic (exact) mass is 262 g/mol. The number of benzene rings is 2. The van der Waals surface area contributed by atoms with Crippen LogP contribution in [-0.2, 0) is 0 Å². The van der Waals surface area contributed by atoms with Gasteiger partial charge in [0.15, 0.2) is 0 Å². The minimum absolute atomic E-state index is 0.174. The van der Waals surface area contributed by atoms with Crippen molar-refractivity contribution in [3.63, 3.8) is 0 Å². The summed E-state index contributed by atoms with van der Waals surface area (Å²) in [6, 6.07) is 19.4. The van der Waals surface area contributed by atoms with E-state index in [4.69, 9.17) is 0 Å². The van der Waals surface area contributed by atoms with Crippen LogP contribution in [0.3, 0.4) is 0 Å². The van der Waals surface area contributed by atoms with Crippen molar-refractivity contribution in [1.82, 2.24) is 10.3 Å². The summed E-state index contributed by atoms with van der Waals surface area (Å²) in [5, 5.41) is 5.94. The predicted octanol–water partition coefficient (Wildman–Crippen LogP) is 3.85. The number of aromatic nitrogens is 1. The predicted molar refractivity (Wildman–Crippen MR) is 83.8 cm³/mol. The van der Waals surface area contributed by atoms with Gasteiger partial charge in [0.1, 0.15) is 0 Å². The lowest BCUT2D eigenvalue weighted by Crippen LogP contribution is -2.19. The Labute approximate surface area is 119 Å². The molecule has 3 aromatic rings. The summed E-state index contributed by atoms with van der Waals surface area (Å²) >= 11 is 0. The third-order valence-corrected chi connectivity index (χ3v) is 3.75. The van der Waals surface area contributed by atoms with Crippen molar-refractivity contribution in [2.24, 2.45) is 0 Å². The molecular weight excluding hydrogens is 244 g/mol. The average molecular weight is 262 g/mol. The van der Waals surface area contributed by atoms with Crippen molar-refractivity contribution in [3.8, 4) is 0 Å². The van der Waals surface area contributed by atoms with Crippen molar-refractivity contribution in [3.05, 3.63) is 77.6 Å². The molecule has 0 radical (unpaired) electrons. The van der Waals surface area contributed by atoms with Gasteiger partial charge in [0, 0.05) is 11.9 Å². The molecule has 0 aliphatic carbocycles. The van der Waals surface area contributed by atoms with Gasteiger partial charge in [0.25, 0.3) is 0 Å². The Balaban J connectivity index is 2.10. The molecule has 0 saturated carbocycles. The number of hydrogen-bond donors (Lipinski definition) is 1. The molecule has 1 aromatic heterocycles. The van der Waals surface area contributed by atoms with E-state index in [-0.39, 0.29) is 6.04 Å². The van der Waals surface area contributed by atoms with E-state index in [0.29, 0.717) is 0 Å². The number of fused-ring (bicyclic) bond motifs is 1. The Morgan fingerprint density at radius 3 is 2.50 bits per heavy atom. The summed E-state index contributed by atoms with van der Waals surface area (Å²) in [5.74, 6) is 0. The van der Waals surface area contributed by atoms with Crippen molar-refractivity contribution in [1.29, 1.82) is 0 Å². The van der Waals surface area contributed by atoms with E-state index in [1.54, 1.807) is 0 Å². The Bertz CT molecular complexity index is 734. The molecule has 0 saturated heterocycles. The highest BCUT2D eigenvalue weighted by atomic mass is 14.9. The molecule has 0 fully saturated rings. The van der Waals surface area contributed by atoms with E-state index < -0.39 is 0 Å². The molecule has 0 amide bonds. The van der Waals surface area contributed by atoms with Crippen LogP contribution in [0.25, 0.3) is 10.8 Å². The van der Waals surface area contributed by atoms with E-state index >= 15 is 0 Å². The van der Waals surface area contributed by atoms with E-state index in [9.17, 15) is 0 Å². The Morgan fingerprint density at radius 2 is 1.75 bits per heavy atom. The highest BCUT2D eigenvalue weighted by Crippen LogP contribution is 2.26. The zero-order chi connectivity index (χ0) is 13.9. The van der Waals surface area contributed by atoms with Crippen LogP contribution in [0.4, 0.5) is 0 Å². The number of nitrogens with one attached hydrogen (secondary N) is 1. The Kier molecular flexibility index (Phi) is 3.48. The maximum absolute atomic E-state index is 4.40. The Morgan fingerprint density at radius 1 is 0.950 bits per heavy atom. The van der Waals surface area contributed by atoms with Gasteiger partial charge in [-0.3, -0.25) is 4.98 Å². The molecule has 1 heterocycles. The summed E-state index contributed by atoms with van der Waals surface area (Å²) in [6.45, 7) is 2.06. The normalized spacial score (nSPS) is 12.5. The van der Waals surface area contributed by atoms with Gasteiger partial charge < -0.3 is 5.32 Å². The van der Waals surface area contributed by atoms with Gasteiger partial charge in [-0.25, -0.2) is 0 Å². The first-order chi connectivity index (χ1) is 9.79. The molecule has 1 atom stereocenters. The van der Waals surface area contributed by atoms with Crippen molar-refractivity contribution >= 4 is 10.8 Å². The lowest BCUT2D eigenvalue weighted by atomic mass is 9.95. The number of nitrogens with zero attached hydrogens (tertiary/aromatic N) is 1. The quantitative estimate of drug-likeness (QED) is 0.775. The van der Waals surface area contributed by atoms with Gasteiger partial charge in [-0.2, -0.15) is 0 Å². The molecule has 20 heavy (non-hydrogen) atoms. The SMILES string of the molecule is CNC(c1ccc2ccccc2c1)c1cccnc1C. The van der Waals surface area contributed by atoms with Gasteiger partial charge in [-0.1, -0.05) is 42.5 Å². The Hall–Kier alpha value is -2.19. The maximum atomic E-state index is 4.40. The molecular formula is C18H18N2. The molecule has 1 unspecified atom stereocenters. The zero-order valence-corrected chi connectivity index (χ0v) is 11.8. The first kappa shape index (κ1) is 12.8. The molecule has 0 spiro atoms. The summed E-state index contributed by atoms with van der Waals surface area (Å²) in [4.78, 5) is 4.40. The first-order valence-electron chi connectivity index (χ1n) is 6.87. The molecule has 2 heteroatoms. The van der Waals surface area contributed by atoms with Crippen LogP contribution in [0.15, 0.2) is 60.8 Å². The van der Waals surface area contributed by atoms with Crippen LogP contribution in [0, 0.1) is 6.92 Å². The van der Waals surface area contributed by atoms with Gasteiger partial charge >= 0.3 is 0 Å². The third-order valence-electron chi connectivity index (χ3n) is 3.75. The standard InChI is InChI=1S/C18H18N2/c1-13-17(8-5-11-20-13)18(19-2)16-10-9-14-6-3-4-7-15(14)12-16/h3-12,18-19H,1-2H3. The van der Waals surface area contributed by atoms with Crippen molar-refractivity contribution in [2.45, 2.75) is 13.0 Å². The van der Waals surface area contributed by atoms with Crippen LogP contribution in [0.5, 0.6) is 0 Å². The lowest BCUT2D eigenvalue weighted by molar-refractivity contribution is 0.684. The molecule has 2 aromatic carbocycles. The largest absolute Gasteiger partial charge is 0.309 e. The van der Waals surface area contributed by atoms with E-state index in [0.717, 1.165) is 5.69 Å². The minimum Gasteiger partial charge on any atom is -0.309 e. The number of hydrogen-bond acceptors (Lipinski definition) is 2. The fourth-order valence-corrected chi connectivity index (χ4v) is 2.69. The summed E-state index contributed by atoms with van der Waals surface area (Å²) in [7, 11) is 1.99. The fraction of sp³-hybridized carbons (Fsp3) is 0.167. The zero-order valence-electron chi connectivity index (χ0n) is 11.8. The summed E-state index contributed by atoms with van der Waals surface area (Å²) in [6.07, 6.45) is 1.84. The van der Waals surface area contributed by atoms with E-state index in [2.05, 4.69) is 65.8 Å². The number of rotatable bonds is 3. The molecule has 3 rings (SSSR count). The minimum atomic E-state index is 0.174. The molecule has 0 aliphatic heterocycles. The van der Waals surface area contributed by atoms with E-state index in [1.807, 2.05) is 19.3 Å². The topological polar surface area (TPSA) is 24.9 Å². The smallest absolute Gasteiger partial charge is 0.0592 e. The first-order valence-corrected chi connectivity index (χ1v) is 6.87. The van der Waals surface area contributed by atoms with Crippen LogP contribution < -0.4 is 5.32 Å². The molecule has 100 valence electrons. The molecule has 0 aliphatic rings. The second-order valence-corrected chi connectivity index (χ2v) is 5.01. The van der Waals surface area contributed by atoms with Crippen LogP contribution in [0.1, 0.15) is 22.9 Å². The van der Waals surface area contributed by atoms with Crippen LogP contribution in [0.2, 0.25) is 0 Å². The highest BCUT2D eigenvalue weighted by molar-refractivity contribution is 5.83. The second-order valence-electron chi connectivity index (χ2n) is 5.01. The lowest BCUT2D eigenvalue weighted by Gasteiger charge is -2.19. The fourth-order valence-electron chi connectivity index (χ4n) is 2.69. The van der Waals surface area contributed by atoms with Crippen LogP contribution in [-0.4, -0.2) is 12.0 Å². The highest BCUT2D eigenvalue weighted by Gasteiger charge is 2.14. The number of pyridine rings is 1. The molecule has 2 nitrogen and oxygen atoms in total. The maximum Gasteiger partial charge on any atom is 0.0592 e. The molecule has 1 N–H and O–H groups in total. The number of aryl methyl sites for hydroxylation is 1. The summed E-state index contributed by atoms with van der Waals surface area (Å²) < 4.78 is 0. The summed E-state index contributed by atoms with van der Waals surface area (Å²) in [5.41, 5.74) is 3.56. The van der Waals surface area contributed by atoms with Gasteiger partial charge in [-0.05, 0) is 48.0 Å². The molecule has 0 bridgehead atoms.